The van der Waals surface area contributed by atoms with E-state index < -0.39 is 29.6 Å². The third-order valence-electron chi connectivity index (χ3n) is 2.63. The van der Waals surface area contributed by atoms with Crippen LogP contribution < -0.4 is 0 Å². The number of methoxy groups -OCH3 is 1. The number of halogens is 1. The van der Waals surface area contributed by atoms with E-state index in [0.717, 1.165) is 14.0 Å². The van der Waals surface area contributed by atoms with Crippen molar-refractivity contribution in [1.82, 2.24) is 0 Å². The molecule has 7 nitrogen and oxygen atoms in total. The number of ether oxygens (including phenoxy) is 3. The first-order chi connectivity index (χ1) is 8.24. The van der Waals surface area contributed by atoms with Gasteiger partial charge in [0, 0.05) is 0 Å². The highest BCUT2D eigenvalue weighted by Gasteiger charge is 2.53. The zero-order chi connectivity index (χ0) is 14.0. The van der Waals surface area contributed by atoms with E-state index in [1.807, 2.05) is 0 Å². The average Bonchev–Trinajstić information content (AvgIpc) is 2.64. The van der Waals surface area contributed by atoms with Crippen LogP contribution in [0, 0.1) is 0 Å². The molecule has 8 heteroatoms. The predicted octanol–water partition coefficient (Wildman–Crippen LogP) is 0.829. The number of carbonyl (C=O) groups excluding carboxylic acids is 1. The zero-order valence-corrected chi connectivity index (χ0v) is 10.6. The molecule has 1 heterocycles. The minimum atomic E-state index is -2.56. The maximum absolute atomic E-state index is 14.3. The SMILES string of the molecule is COC(=O)[C@](C)(F)[C@H](OOO)C1COC(C)(C)O1. The molecular formula is C10H17FO7. The summed E-state index contributed by atoms with van der Waals surface area (Å²) in [6, 6.07) is 0. The summed E-state index contributed by atoms with van der Waals surface area (Å²) in [6.45, 7) is 4.17. The first kappa shape index (κ1) is 15.3. The lowest BCUT2D eigenvalue weighted by molar-refractivity contribution is -0.517. The Labute approximate surface area is 104 Å². The quantitative estimate of drug-likeness (QED) is 0.449. The summed E-state index contributed by atoms with van der Waals surface area (Å²) in [7, 11) is 1.03. The lowest BCUT2D eigenvalue weighted by atomic mass is 9.97. The van der Waals surface area contributed by atoms with E-state index in [1.54, 1.807) is 13.8 Å². The molecule has 106 valence electrons. The second-order valence-electron chi connectivity index (χ2n) is 4.53. The first-order valence-corrected chi connectivity index (χ1v) is 5.30. The normalized spacial score (nSPS) is 27.6. The van der Waals surface area contributed by atoms with Crippen LogP contribution in [0.25, 0.3) is 0 Å². The van der Waals surface area contributed by atoms with Gasteiger partial charge in [0.05, 0.1) is 13.7 Å². The number of alkyl halides is 1. The Balaban J connectivity index is 2.86. The fourth-order valence-electron chi connectivity index (χ4n) is 1.73. The number of rotatable bonds is 5. The van der Waals surface area contributed by atoms with Gasteiger partial charge in [0.25, 0.3) is 0 Å². The maximum Gasteiger partial charge on any atom is 0.346 e. The predicted molar refractivity (Wildman–Crippen MR) is 55.0 cm³/mol. The van der Waals surface area contributed by atoms with Gasteiger partial charge in [-0.3, -0.25) is 0 Å². The van der Waals surface area contributed by atoms with Crippen LogP contribution in [0.3, 0.4) is 0 Å². The first-order valence-electron chi connectivity index (χ1n) is 5.30. The molecule has 1 unspecified atom stereocenters. The lowest BCUT2D eigenvalue weighted by Crippen LogP contribution is -2.52. The molecule has 1 aliphatic rings. The van der Waals surface area contributed by atoms with Gasteiger partial charge in [-0.05, 0) is 20.8 Å². The molecule has 0 aliphatic carbocycles. The Bertz CT molecular complexity index is 305. The van der Waals surface area contributed by atoms with E-state index in [9.17, 15) is 9.18 Å². The fourth-order valence-corrected chi connectivity index (χ4v) is 1.73. The Morgan fingerprint density at radius 2 is 2.22 bits per heavy atom. The largest absolute Gasteiger partial charge is 0.467 e. The van der Waals surface area contributed by atoms with Gasteiger partial charge in [-0.15, -0.1) is 0 Å². The molecule has 1 fully saturated rings. The Hall–Kier alpha value is -0.800. The van der Waals surface area contributed by atoms with Crippen LogP contribution in [-0.4, -0.2) is 48.6 Å². The monoisotopic (exact) mass is 268 g/mol. The van der Waals surface area contributed by atoms with Gasteiger partial charge in [-0.25, -0.2) is 14.4 Å². The molecule has 0 bridgehead atoms. The number of carbonyl (C=O) groups is 1. The van der Waals surface area contributed by atoms with Crippen molar-refractivity contribution in [3.05, 3.63) is 0 Å². The number of hydrogen-bond donors (Lipinski definition) is 1. The second kappa shape index (κ2) is 5.45. The van der Waals surface area contributed by atoms with Crippen molar-refractivity contribution in [3.8, 4) is 0 Å². The highest BCUT2D eigenvalue weighted by atomic mass is 19.1. The summed E-state index contributed by atoms with van der Waals surface area (Å²) < 4.78 is 29.2. The van der Waals surface area contributed by atoms with Crippen LogP contribution in [0.5, 0.6) is 0 Å². The number of esters is 1. The van der Waals surface area contributed by atoms with Crippen molar-refractivity contribution < 1.29 is 38.6 Å². The highest BCUT2D eigenvalue weighted by Crippen LogP contribution is 2.32. The van der Waals surface area contributed by atoms with Gasteiger partial charge in [-0.1, -0.05) is 5.04 Å². The van der Waals surface area contributed by atoms with E-state index in [2.05, 4.69) is 14.7 Å². The van der Waals surface area contributed by atoms with Crippen molar-refractivity contribution >= 4 is 5.97 Å². The van der Waals surface area contributed by atoms with Gasteiger partial charge in [0.1, 0.15) is 6.10 Å². The van der Waals surface area contributed by atoms with Gasteiger partial charge in [0.2, 0.25) is 5.67 Å². The minimum absolute atomic E-state index is 0.0163. The second-order valence-corrected chi connectivity index (χ2v) is 4.53. The van der Waals surface area contributed by atoms with Crippen LogP contribution in [0.4, 0.5) is 4.39 Å². The smallest absolute Gasteiger partial charge is 0.346 e. The third-order valence-corrected chi connectivity index (χ3v) is 2.63. The lowest BCUT2D eigenvalue weighted by Gasteiger charge is -2.29. The topological polar surface area (TPSA) is 83.5 Å². The molecule has 0 aromatic heterocycles. The van der Waals surface area contributed by atoms with E-state index >= 15 is 0 Å². The van der Waals surface area contributed by atoms with Crippen LogP contribution in [0.15, 0.2) is 0 Å². The molecule has 0 radical (unpaired) electrons. The van der Waals surface area contributed by atoms with Crippen LogP contribution in [0.2, 0.25) is 0 Å². The highest BCUT2D eigenvalue weighted by molar-refractivity contribution is 5.79. The molecule has 3 atom stereocenters. The maximum atomic E-state index is 14.3. The molecule has 0 aromatic carbocycles. The van der Waals surface area contributed by atoms with Crippen LogP contribution in [-0.2, 0) is 28.9 Å². The van der Waals surface area contributed by atoms with E-state index in [0.29, 0.717) is 0 Å². The molecule has 1 rings (SSSR count). The van der Waals surface area contributed by atoms with Gasteiger partial charge in [-0.2, -0.15) is 4.89 Å². The third kappa shape index (κ3) is 3.15. The van der Waals surface area contributed by atoms with Crippen molar-refractivity contribution in [1.29, 1.82) is 0 Å². The molecule has 0 amide bonds. The summed E-state index contributed by atoms with van der Waals surface area (Å²) in [5, 5.41) is 11.8. The molecule has 0 spiro atoms. The van der Waals surface area contributed by atoms with Crippen LogP contribution in [0.1, 0.15) is 20.8 Å². The fraction of sp³-hybridized carbons (Fsp3) is 0.900. The number of hydrogen-bond acceptors (Lipinski definition) is 7. The molecule has 18 heavy (non-hydrogen) atoms. The van der Waals surface area contributed by atoms with Crippen molar-refractivity contribution in [2.45, 2.75) is 44.4 Å². The van der Waals surface area contributed by atoms with Gasteiger partial charge in [0.15, 0.2) is 11.9 Å². The Morgan fingerprint density at radius 3 is 2.61 bits per heavy atom. The zero-order valence-electron chi connectivity index (χ0n) is 10.6. The van der Waals surface area contributed by atoms with Crippen molar-refractivity contribution in [2.75, 3.05) is 13.7 Å². The van der Waals surface area contributed by atoms with E-state index in [4.69, 9.17) is 14.7 Å². The van der Waals surface area contributed by atoms with E-state index in [-0.39, 0.29) is 6.61 Å². The van der Waals surface area contributed by atoms with Gasteiger partial charge >= 0.3 is 5.97 Å². The van der Waals surface area contributed by atoms with E-state index in [1.165, 1.54) is 0 Å². The molecule has 1 aliphatic heterocycles. The van der Waals surface area contributed by atoms with Crippen molar-refractivity contribution in [2.24, 2.45) is 0 Å². The summed E-state index contributed by atoms with van der Waals surface area (Å²) >= 11 is 0. The minimum Gasteiger partial charge on any atom is -0.467 e. The summed E-state index contributed by atoms with van der Waals surface area (Å²) in [5.41, 5.74) is -2.56. The molecule has 0 aromatic rings. The summed E-state index contributed by atoms with van der Waals surface area (Å²) in [5.74, 6) is -2.11. The average molecular weight is 268 g/mol. The Kier molecular flexibility index (Phi) is 4.62. The Morgan fingerprint density at radius 1 is 1.61 bits per heavy atom. The standard InChI is InChI=1S/C10H17FO7/c1-9(2)15-5-6(16-9)7(17-18-13)10(3,11)8(12)14-4/h6-7,13H,5H2,1-4H3/t6?,7-,10-/m1/s1. The molecule has 0 saturated carbocycles. The van der Waals surface area contributed by atoms with Gasteiger partial charge < -0.3 is 14.2 Å². The summed E-state index contributed by atoms with van der Waals surface area (Å²) in [4.78, 5) is 15.7. The molecule has 1 N–H and O–H groups in total. The molecular weight excluding hydrogens is 251 g/mol. The molecule has 1 saturated heterocycles. The summed E-state index contributed by atoms with van der Waals surface area (Å²) in [6.07, 6.45) is -2.46. The van der Waals surface area contributed by atoms with Crippen LogP contribution >= 0.6 is 0 Å². The van der Waals surface area contributed by atoms with Crippen molar-refractivity contribution in [3.63, 3.8) is 0 Å².